The summed E-state index contributed by atoms with van der Waals surface area (Å²) in [6, 6.07) is 13.2. The third kappa shape index (κ3) is 3.21. The van der Waals surface area contributed by atoms with Crippen LogP contribution >= 0.6 is 0 Å². The molecule has 1 heterocycles. The maximum Gasteiger partial charge on any atom is 0.178 e. The van der Waals surface area contributed by atoms with Gasteiger partial charge in [0, 0.05) is 20.5 Å². The van der Waals surface area contributed by atoms with Gasteiger partial charge < -0.3 is 4.90 Å². The van der Waals surface area contributed by atoms with E-state index in [1.54, 1.807) is 18.3 Å². The van der Waals surface area contributed by atoms with E-state index < -0.39 is 0 Å². The van der Waals surface area contributed by atoms with Crippen LogP contribution in [0.25, 0.3) is 0 Å². The second kappa shape index (κ2) is 5.98. The van der Waals surface area contributed by atoms with Gasteiger partial charge in [0.1, 0.15) is 5.69 Å². The highest BCUT2D eigenvalue weighted by molar-refractivity contribution is 5.92. The van der Waals surface area contributed by atoms with Gasteiger partial charge >= 0.3 is 0 Å². The largest absolute Gasteiger partial charge is 0.369 e. The second-order valence-electron chi connectivity index (χ2n) is 4.63. The average molecular weight is 265 g/mol. The first kappa shape index (κ1) is 13.8. The first-order valence-corrected chi connectivity index (χ1v) is 6.27. The second-order valence-corrected chi connectivity index (χ2v) is 4.63. The minimum atomic E-state index is -0.0408. The molecule has 1 aromatic carbocycles. The molecular formula is C16H15N3O. The lowest BCUT2D eigenvalue weighted by Gasteiger charge is -2.19. The van der Waals surface area contributed by atoms with Gasteiger partial charge in [0.2, 0.25) is 0 Å². The van der Waals surface area contributed by atoms with E-state index in [-0.39, 0.29) is 5.78 Å². The van der Waals surface area contributed by atoms with Crippen LogP contribution in [-0.4, -0.2) is 17.8 Å². The summed E-state index contributed by atoms with van der Waals surface area (Å²) in [5.41, 5.74) is 3.11. The van der Waals surface area contributed by atoms with Crippen molar-refractivity contribution in [3.63, 3.8) is 0 Å². The number of Topliss-reactive ketones (excluding diaryl/α,β-unsaturated/α-hetero) is 1. The normalized spacial score (nSPS) is 9.85. The third-order valence-electron chi connectivity index (χ3n) is 3.03. The Morgan fingerprint density at radius 1 is 1.35 bits per heavy atom. The van der Waals surface area contributed by atoms with Crippen LogP contribution in [0, 0.1) is 11.3 Å². The maximum atomic E-state index is 11.2. The molecule has 0 bridgehead atoms. The minimum Gasteiger partial charge on any atom is -0.369 e. The van der Waals surface area contributed by atoms with Crippen molar-refractivity contribution in [3.05, 3.63) is 59.4 Å². The van der Waals surface area contributed by atoms with Gasteiger partial charge in [0.25, 0.3) is 0 Å². The fourth-order valence-corrected chi connectivity index (χ4v) is 1.92. The van der Waals surface area contributed by atoms with E-state index >= 15 is 0 Å². The number of carbonyl (C=O) groups is 1. The van der Waals surface area contributed by atoms with Gasteiger partial charge in [-0.2, -0.15) is 5.26 Å². The van der Waals surface area contributed by atoms with Crippen LogP contribution in [-0.2, 0) is 6.54 Å². The lowest BCUT2D eigenvalue weighted by Crippen LogP contribution is -2.16. The number of benzene rings is 1. The van der Waals surface area contributed by atoms with Gasteiger partial charge in [-0.3, -0.25) is 9.78 Å². The van der Waals surface area contributed by atoms with Crippen molar-refractivity contribution in [1.82, 2.24) is 4.98 Å². The fraction of sp³-hybridized carbons (Fsp3) is 0.188. The molecular weight excluding hydrogens is 250 g/mol. The predicted octanol–water partition coefficient (Wildman–Crippen LogP) is 2.79. The van der Waals surface area contributed by atoms with E-state index in [0.29, 0.717) is 17.8 Å². The van der Waals surface area contributed by atoms with Crippen LogP contribution in [0.2, 0.25) is 0 Å². The molecule has 4 nitrogen and oxygen atoms in total. The van der Waals surface area contributed by atoms with E-state index in [4.69, 9.17) is 5.26 Å². The third-order valence-corrected chi connectivity index (χ3v) is 3.03. The van der Waals surface area contributed by atoms with Gasteiger partial charge in [0.05, 0.1) is 23.5 Å². The van der Waals surface area contributed by atoms with Crippen molar-refractivity contribution in [3.8, 4) is 6.07 Å². The molecule has 4 heteroatoms. The average Bonchev–Trinajstić information content (AvgIpc) is 2.47. The zero-order valence-electron chi connectivity index (χ0n) is 11.5. The quantitative estimate of drug-likeness (QED) is 0.798. The molecule has 0 spiro atoms. The van der Waals surface area contributed by atoms with Gasteiger partial charge in [-0.25, -0.2) is 0 Å². The van der Waals surface area contributed by atoms with Gasteiger partial charge in [-0.1, -0.05) is 12.1 Å². The van der Waals surface area contributed by atoms with Crippen molar-refractivity contribution >= 4 is 11.5 Å². The number of hydrogen-bond donors (Lipinski definition) is 0. The molecule has 0 unspecified atom stereocenters. The Bertz CT molecular complexity index is 656. The molecule has 0 saturated carbocycles. The van der Waals surface area contributed by atoms with Crippen LogP contribution < -0.4 is 4.90 Å². The fourth-order valence-electron chi connectivity index (χ4n) is 1.92. The number of rotatable bonds is 4. The summed E-state index contributed by atoms with van der Waals surface area (Å²) in [5, 5.41) is 8.89. The highest BCUT2D eigenvalue weighted by atomic mass is 16.1. The van der Waals surface area contributed by atoms with Crippen molar-refractivity contribution < 1.29 is 4.79 Å². The Kier molecular flexibility index (Phi) is 4.11. The van der Waals surface area contributed by atoms with Crippen LogP contribution in [0.3, 0.4) is 0 Å². The first-order valence-electron chi connectivity index (χ1n) is 6.27. The summed E-state index contributed by atoms with van der Waals surface area (Å²) in [6.07, 6.45) is 1.69. The van der Waals surface area contributed by atoms with Crippen molar-refractivity contribution in [1.29, 1.82) is 5.26 Å². The van der Waals surface area contributed by atoms with E-state index in [9.17, 15) is 4.79 Å². The number of anilines is 1. The van der Waals surface area contributed by atoms with E-state index in [1.807, 2.05) is 36.2 Å². The number of pyridine rings is 1. The van der Waals surface area contributed by atoms with Crippen molar-refractivity contribution in [2.24, 2.45) is 0 Å². The van der Waals surface area contributed by atoms with E-state index in [1.165, 1.54) is 6.92 Å². The first-order chi connectivity index (χ1) is 9.60. The molecule has 2 aromatic rings. The Labute approximate surface area is 118 Å². The van der Waals surface area contributed by atoms with Crippen LogP contribution in [0.4, 0.5) is 5.69 Å². The molecule has 0 aliphatic heterocycles. The summed E-state index contributed by atoms with van der Waals surface area (Å²) in [4.78, 5) is 17.3. The standard InChI is InChI=1S/C16H15N3O/c1-12(20)16-7-6-15(10-18-16)19(2)11-14-5-3-4-13(8-14)9-17/h3-8,10H,11H2,1-2H3. The molecule has 100 valence electrons. The summed E-state index contributed by atoms with van der Waals surface area (Å²) in [7, 11) is 1.95. The highest BCUT2D eigenvalue weighted by Crippen LogP contribution is 2.15. The number of nitrogens with zero attached hydrogens (tertiary/aromatic N) is 3. The summed E-state index contributed by atoms with van der Waals surface area (Å²) in [6.45, 7) is 2.18. The lowest BCUT2D eigenvalue weighted by molar-refractivity contribution is 0.101. The Hall–Kier alpha value is -2.67. The number of aromatic nitrogens is 1. The van der Waals surface area contributed by atoms with Gasteiger partial charge in [0.15, 0.2) is 5.78 Å². The Morgan fingerprint density at radius 3 is 2.75 bits per heavy atom. The number of nitriles is 1. The molecule has 20 heavy (non-hydrogen) atoms. The van der Waals surface area contributed by atoms with E-state index in [2.05, 4.69) is 11.1 Å². The van der Waals surface area contributed by atoms with Gasteiger partial charge in [-0.05, 0) is 29.8 Å². The van der Waals surface area contributed by atoms with Crippen LogP contribution in [0.1, 0.15) is 28.5 Å². The van der Waals surface area contributed by atoms with Crippen molar-refractivity contribution in [2.45, 2.75) is 13.5 Å². The van der Waals surface area contributed by atoms with Crippen molar-refractivity contribution in [2.75, 3.05) is 11.9 Å². The molecule has 0 aliphatic rings. The number of ketones is 1. The highest BCUT2D eigenvalue weighted by Gasteiger charge is 2.05. The molecule has 2 rings (SSSR count). The molecule has 0 amide bonds. The number of hydrogen-bond acceptors (Lipinski definition) is 4. The SMILES string of the molecule is CC(=O)c1ccc(N(C)Cc2cccc(C#N)c2)cn1. The topological polar surface area (TPSA) is 57.0 Å². The Morgan fingerprint density at radius 2 is 2.15 bits per heavy atom. The van der Waals surface area contributed by atoms with Gasteiger partial charge in [-0.15, -0.1) is 0 Å². The monoisotopic (exact) mass is 265 g/mol. The molecule has 0 N–H and O–H groups in total. The smallest absolute Gasteiger partial charge is 0.178 e. The minimum absolute atomic E-state index is 0.0408. The molecule has 0 fully saturated rings. The van der Waals surface area contributed by atoms with Crippen LogP contribution in [0.15, 0.2) is 42.6 Å². The summed E-state index contributed by atoms with van der Waals surface area (Å²) < 4.78 is 0. The predicted molar refractivity (Wildman–Crippen MR) is 77.5 cm³/mol. The summed E-state index contributed by atoms with van der Waals surface area (Å²) >= 11 is 0. The van der Waals surface area contributed by atoms with Crippen LogP contribution in [0.5, 0.6) is 0 Å². The molecule has 0 radical (unpaired) electrons. The molecule has 1 aromatic heterocycles. The zero-order chi connectivity index (χ0) is 14.5. The lowest BCUT2D eigenvalue weighted by atomic mass is 10.1. The maximum absolute atomic E-state index is 11.2. The zero-order valence-corrected chi connectivity index (χ0v) is 11.5. The molecule has 0 atom stereocenters. The van der Waals surface area contributed by atoms with E-state index in [0.717, 1.165) is 11.3 Å². The Balaban J connectivity index is 2.13. The summed E-state index contributed by atoms with van der Waals surface area (Å²) in [5.74, 6) is -0.0408. The number of carbonyl (C=O) groups excluding carboxylic acids is 1. The molecule has 0 saturated heterocycles. The molecule has 0 aliphatic carbocycles.